The first-order valence-electron chi connectivity index (χ1n) is 11.1. The van der Waals surface area contributed by atoms with E-state index in [1.165, 1.54) is 0 Å². The molecule has 174 valence electrons. The van der Waals surface area contributed by atoms with Gasteiger partial charge in [0.25, 0.3) is 5.91 Å². The van der Waals surface area contributed by atoms with Gasteiger partial charge in [-0.15, -0.1) is 0 Å². The summed E-state index contributed by atoms with van der Waals surface area (Å²) in [6.45, 7) is 2.49. The first-order chi connectivity index (χ1) is 16.4. The molecule has 0 fully saturated rings. The van der Waals surface area contributed by atoms with Crippen molar-refractivity contribution in [2.24, 2.45) is 0 Å². The van der Waals surface area contributed by atoms with Crippen LogP contribution in [0.5, 0.6) is 11.5 Å². The summed E-state index contributed by atoms with van der Waals surface area (Å²) in [6.07, 6.45) is 0.681. The molecule has 2 heterocycles. The highest BCUT2D eigenvalue weighted by Crippen LogP contribution is 2.48. The summed E-state index contributed by atoms with van der Waals surface area (Å²) in [7, 11) is 3.20. The van der Waals surface area contributed by atoms with Gasteiger partial charge in [-0.2, -0.15) is 0 Å². The van der Waals surface area contributed by atoms with Crippen molar-refractivity contribution < 1.29 is 19.1 Å². The zero-order chi connectivity index (χ0) is 24.0. The van der Waals surface area contributed by atoms with Crippen LogP contribution in [-0.4, -0.2) is 37.5 Å². The Hall–Kier alpha value is -3.32. The molecule has 5 rings (SSSR count). The van der Waals surface area contributed by atoms with Crippen LogP contribution in [0.2, 0.25) is 0 Å². The lowest BCUT2D eigenvalue weighted by atomic mass is 9.75. The molecule has 2 amide bonds. The zero-order valence-corrected chi connectivity index (χ0v) is 20.8. The lowest BCUT2D eigenvalue weighted by Crippen LogP contribution is -2.49. The van der Waals surface area contributed by atoms with Gasteiger partial charge in [0.2, 0.25) is 5.91 Å². The summed E-state index contributed by atoms with van der Waals surface area (Å²) in [5.41, 5.74) is 5.00. The predicted octanol–water partition coefficient (Wildman–Crippen LogP) is 5.25. The Morgan fingerprint density at radius 2 is 1.76 bits per heavy atom. The average Bonchev–Trinajstić information content (AvgIpc) is 2.84. The number of carbonyl (C=O) groups is 2. The number of rotatable bonds is 4. The fourth-order valence-electron chi connectivity index (χ4n) is 5.11. The van der Waals surface area contributed by atoms with Crippen LogP contribution in [0.4, 0.5) is 5.69 Å². The molecule has 7 heteroatoms. The van der Waals surface area contributed by atoms with Gasteiger partial charge in [-0.1, -0.05) is 34.1 Å². The maximum Gasteiger partial charge on any atom is 0.254 e. The van der Waals surface area contributed by atoms with Gasteiger partial charge in [-0.05, 0) is 72.0 Å². The van der Waals surface area contributed by atoms with Gasteiger partial charge < -0.3 is 19.7 Å². The van der Waals surface area contributed by atoms with Gasteiger partial charge in [0.15, 0.2) is 11.5 Å². The third-order valence-electron chi connectivity index (χ3n) is 6.75. The molecule has 0 bridgehead atoms. The number of nitrogens with one attached hydrogen (secondary N) is 1. The van der Waals surface area contributed by atoms with E-state index in [1.54, 1.807) is 14.2 Å². The number of nitrogens with zero attached hydrogens (tertiary/aromatic N) is 1. The Balaban J connectivity index is 1.65. The Bertz CT molecular complexity index is 1310. The average molecular weight is 521 g/mol. The minimum Gasteiger partial charge on any atom is -0.493 e. The molecule has 0 aliphatic carbocycles. The molecule has 3 aromatic carbocycles. The van der Waals surface area contributed by atoms with Crippen molar-refractivity contribution in [2.45, 2.75) is 25.3 Å². The largest absolute Gasteiger partial charge is 0.493 e. The van der Waals surface area contributed by atoms with E-state index in [0.717, 1.165) is 32.4 Å². The standard InChI is InChI=1S/C27H25BrN2O4/c1-15-12-17(28)8-9-21(15)29-26(31)24-18-6-4-5-7-19(18)27(32)30-11-10-16-13-22(33-2)23(34-3)14-20(16)25(24)30/h4-9,12-14,24-25H,10-11H2,1-3H3,(H,29,31)/t24-,25+/m0/s1. The molecular weight excluding hydrogens is 496 g/mol. The topological polar surface area (TPSA) is 67.9 Å². The minimum absolute atomic E-state index is 0.0510. The SMILES string of the molecule is COc1cc2c(cc1OC)[C@@H]1[C@@H](C(=O)Nc3ccc(Br)cc3C)c3ccccc3C(=O)N1CC2. The summed E-state index contributed by atoms with van der Waals surface area (Å²) >= 11 is 3.48. The summed E-state index contributed by atoms with van der Waals surface area (Å²) in [4.78, 5) is 29.2. The van der Waals surface area contributed by atoms with Crippen LogP contribution in [0.1, 0.15) is 44.6 Å². The lowest BCUT2D eigenvalue weighted by molar-refractivity contribution is -0.119. The molecule has 2 atom stereocenters. The Morgan fingerprint density at radius 1 is 1.03 bits per heavy atom. The van der Waals surface area contributed by atoms with E-state index in [0.29, 0.717) is 30.0 Å². The van der Waals surface area contributed by atoms with E-state index in [-0.39, 0.29) is 11.8 Å². The predicted molar refractivity (Wildman–Crippen MR) is 134 cm³/mol. The smallest absolute Gasteiger partial charge is 0.254 e. The summed E-state index contributed by atoms with van der Waals surface area (Å²) in [6, 6.07) is 16.6. The number of hydrogen-bond donors (Lipinski definition) is 1. The van der Waals surface area contributed by atoms with Crippen LogP contribution in [0.15, 0.2) is 59.1 Å². The van der Waals surface area contributed by atoms with E-state index in [2.05, 4.69) is 21.2 Å². The molecule has 34 heavy (non-hydrogen) atoms. The molecule has 2 aliphatic rings. The highest BCUT2D eigenvalue weighted by atomic mass is 79.9. The number of anilines is 1. The van der Waals surface area contributed by atoms with Gasteiger partial charge in [0.1, 0.15) is 0 Å². The minimum atomic E-state index is -0.575. The maximum atomic E-state index is 13.9. The fourth-order valence-corrected chi connectivity index (χ4v) is 5.59. The number of carbonyl (C=O) groups excluding carboxylic acids is 2. The molecule has 0 saturated heterocycles. The van der Waals surface area contributed by atoms with Crippen LogP contribution >= 0.6 is 15.9 Å². The van der Waals surface area contributed by atoms with Gasteiger partial charge in [0.05, 0.1) is 26.2 Å². The second-order valence-electron chi connectivity index (χ2n) is 8.61. The van der Waals surface area contributed by atoms with Gasteiger partial charge in [-0.3, -0.25) is 9.59 Å². The van der Waals surface area contributed by atoms with Crippen LogP contribution in [-0.2, 0) is 11.2 Å². The molecule has 1 N–H and O–H groups in total. The number of methoxy groups -OCH3 is 2. The van der Waals surface area contributed by atoms with Crippen molar-refractivity contribution in [3.8, 4) is 11.5 Å². The van der Waals surface area contributed by atoms with Crippen LogP contribution in [0.3, 0.4) is 0 Å². The summed E-state index contributed by atoms with van der Waals surface area (Å²) in [5.74, 6) is 0.447. The number of fused-ring (bicyclic) bond motifs is 4. The molecule has 2 aliphatic heterocycles. The van der Waals surface area contributed by atoms with Gasteiger partial charge >= 0.3 is 0 Å². The summed E-state index contributed by atoms with van der Waals surface area (Å²) < 4.78 is 12.0. The number of benzene rings is 3. The quantitative estimate of drug-likeness (QED) is 0.510. The highest BCUT2D eigenvalue weighted by Gasteiger charge is 2.46. The van der Waals surface area contributed by atoms with E-state index in [1.807, 2.05) is 66.4 Å². The van der Waals surface area contributed by atoms with Crippen molar-refractivity contribution in [2.75, 3.05) is 26.1 Å². The maximum absolute atomic E-state index is 13.9. The molecular formula is C27H25BrN2O4. The van der Waals surface area contributed by atoms with Crippen LogP contribution in [0.25, 0.3) is 0 Å². The molecule has 0 radical (unpaired) electrons. The number of amides is 2. The monoisotopic (exact) mass is 520 g/mol. The van der Waals surface area contributed by atoms with Crippen molar-refractivity contribution in [1.29, 1.82) is 0 Å². The molecule has 0 saturated carbocycles. The van der Waals surface area contributed by atoms with Crippen molar-refractivity contribution in [3.05, 3.63) is 86.9 Å². The third kappa shape index (κ3) is 3.64. The van der Waals surface area contributed by atoms with Crippen molar-refractivity contribution in [3.63, 3.8) is 0 Å². The van der Waals surface area contributed by atoms with Crippen LogP contribution < -0.4 is 14.8 Å². The number of halogens is 1. The fraction of sp³-hybridized carbons (Fsp3) is 0.259. The van der Waals surface area contributed by atoms with E-state index < -0.39 is 12.0 Å². The normalized spacial score (nSPS) is 18.5. The third-order valence-corrected chi connectivity index (χ3v) is 7.25. The number of ether oxygens (including phenoxy) is 2. The molecule has 0 spiro atoms. The molecule has 0 aromatic heterocycles. The molecule has 6 nitrogen and oxygen atoms in total. The van der Waals surface area contributed by atoms with Gasteiger partial charge in [0, 0.05) is 22.3 Å². The van der Waals surface area contributed by atoms with Gasteiger partial charge in [-0.25, -0.2) is 0 Å². The second kappa shape index (κ2) is 8.80. The first-order valence-corrected chi connectivity index (χ1v) is 11.9. The number of aryl methyl sites for hydroxylation is 1. The Morgan fingerprint density at radius 3 is 2.50 bits per heavy atom. The van der Waals surface area contributed by atoms with E-state index in [4.69, 9.17) is 9.47 Å². The van der Waals surface area contributed by atoms with E-state index in [9.17, 15) is 9.59 Å². The number of hydrogen-bond acceptors (Lipinski definition) is 4. The van der Waals surface area contributed by atoms with E-state index >= 15 is 0 Å². The summed E-state index contributed by atoms with van der Waals surface area (Å²) in [5, 5.41) is 3.12. The second-order valence-corrected chi connectivity index (χ2v) is 9.53. The molecule has 0 unspecified atom stereocenters. The van der Waals surface area contributed by atoms with Crippen molar-refractivity contribution >= 4 is 33.4 Å². The Kier molecular flexibility index (Phi) is 5.81. The molecule has 3 aromatic rings. The first kappa shape index (κ1) is 22.5. The highest BCUT2D eigenvalue weighted by molar-refractivity contribution is 9.10. The van der Waals surface area contributed by atoms with Crippen molar-refractivity contribution in [1.82, 2.24) is 4.90 Å². The van der Waals surface area contributed by atoms with Crippen LogP contribution in [0, 0.1) is 6.92 Å². The zero-order valence-electron chi connectivity index (χ0n) is 19.2. The lowest BCUT2D eigenvalue weighted by Gasteiger charge is -2.45. The Labute approximate surface area is 207 Å².